The highest BCUT2D eigenvalue weighted by Gasteiger charge is 2.19. The molecule has 7 aromatic rings. The molecule has 4 aromatic carbocycles. The molecule has 4 heteroatoms. The van der Waals surface area contributed by atoms with Crippen molar-refractivity contribution in [3.05, 3.63) is 97.2 Å². The summed E-state index contributed by atoms with van der Waals surface area (Å²) in [4.78, 5) is 4.69. The molecule has 3 aromatic heterocycles. The van der Waals surface area contributed by atoms with Crippen LogP contribution in [0.1, 0.15) is 0 Å². The van der Waals surface area contributed by atoms with Crippen molar-refractivity contribution in [3.8, 4) is 22.5 Å². The van der Waals surface area contributed by atoms with E-state index in [0.29, 0.717) is 5.71 Å². The molecule has 0 bridgehead atoms. The first-order valence-electron chi connectivity index (χ1n) is 10.2. The quantitative estimate of drug-likeness (QED) is 0.305. The second-order valence-corrected chi connectivity index (χ2v) is 7.69. The summed E-state index contributed by atoms with van der Waals surface area (Å²) in [5, 5.41) is 2.20. The molecule has 146 valence electrons. The number of hydrogen-bond donors (Lipinski definition) is 0. The molecule has 0 aliphatic heterocycles. The molecule has 7 rings (SSSR count). The predicted molar refractivity (Wildman–Crippen MR) is 123 cm³/mol. The number of para-hydroxylation sites is 2. The van der Waals surface area contributed by atoms with Gasteiger partial charge in [0.1, 0.15) is 11.2 Å². The Morgan fingerprint density at radius 1 is 0.645 bits per heavy atom. The molecule has 3 heterocycles. The summed E-state index contributed by atoms with van der Waals surface area (Å²) in [5.41, 5.74) is 7.47. The van der Waals surface area contributed by atoms with E-state index in [4.69, 9.17) is 8.83 Å². The van der Waals surface area contributed by atoms with Crippen molar-refractivity contribution in [2.75, 3.05) is 0 Å². The van der Waals surface area contributed by atoms with E-state index in [1.54, 1.807) is 6.20 Å². The molecule has 4 nitrogen and oxygen atoms in total. The van der Waals surface area contributed by atoms with E-state index < -0.39 is 0 Å². The number of furan rings is 1. The average Bonchev–Trinajstić information content (AvgIpc) is 3.50. The van der Waals surface area contributed by atoms with E-state index in [2.05, 4.69) is 64.0 Å². The van der Waals surface area contributed by atoms with Crippen molar-refractivity contribution in [1.82, 2.24) is 9.38 Å². The van der Waals surface area contributed by atoms with Crippen molar-refractivity contribution in [2.45, 2.75) is 0 Å². The molecule has 0 saturated heterocycles. The lowest BCUT2D eigenvalue weighted by atomic mass is 10.1. The number of aromatic nitrogens is 2. The van der Waals surface area contributed by atoms with Gasteiger partial charge in [0, 0.05) is 10.8 Å². The fourth-order valence-corrected chi connectivity index (χ4v) is 4.46. The normalized spacial score (nSPS) is 11.9. The van der Waals surface area contributed by atoms with Crippen LogP contribution in [0.4, 0.5) is 0 Å². The fourth-order valence-electron chi connectivity index (χ4n) is 4.46. The van der Waals surface area contributed by atoms with E-state index in [0.717, 1.165) is 55.6 Å². The minimum Gasteiger partial charge on any atom is -0.455 e. The Morgan fingerprint density at radius 2 is 1.48 bits per heavy atom. The Hall–Kier alpha value is -4.31. The van der Waals surface area contributed by atoms with Crippen molar-refractivity contribution >= 4 is 38.8 Å². The van der Waals surface area contributed by atoms with E-state index >= 15 is 0 Å². The molecule has 0 atom stereocenters. The molecule has 0 radical (unpaired) electrons. The van der Waals surface area contributed by atoms with Gasteiger partial charge in [0.2, 0.25) is 5.71 Å². The molecule has 0 saturated carbocycles. The zero-order valence-corrected chi connectivity index (χ0v) is 16.4. The number of benzene rings is 4. The monoisotopic (exact) mass is 400 g/mol. The van der Waals surface area contributed by atoms with Crippen LogP contribution in [0.25, 0.3) is 61.3 Å². The van der Waals surface area contributed by atoms with E-state index in [1.165, 1.54) is 0 Å². The van der Waals surface area contributed by atoms with Gasteiger partial charge in [-0.15, -0.1) is 0 Å². The van der Waals surface area contributed by atoms with Gasteiger partial charge in [-0.3, -0.25) is 4.40 Å². The zero-order valence-electron chi connectivity index (χ0n) is 16.4. The molecule has 0 amide bonds. The molecule has 31 heavy (non-hydrogen) atoms. The first-order valence-corrected chi connectivity index (χ1v) is 10.2. The smallest absolute Gasteiger partial charge is 0.225 e. The lowest BCUT2D eigenvalue weighted by molar-refractivity contribution is 0.656. The Bertz CT molecular complexity index is 1740. The zero-order chi connectivity index (χ0) is 20.4. The number of hydrogen-bond acceptors (Lipinski definition) is 3. The number of imidazole rings is 1. The van der Waals surface area contributed by atoms with Gasteiger partial charge in [0.25, 0.3) is 0 Å². The Kier molecular flexibility index (Phi) is 3.24. The lowest BCUT2D eigenvalue weighted by Crippen LogP contribution is -1.89. The predicted octanol–water partition coefficient (Wildman–Crippen LogP) is 7.31. The maximum Gasteiger partial charge on any atom is 0.225 e. The van der Waals surface area contributed by atoms with Gasteiger partial charge in [-0.25, -0.2) is 4.98 Å². The summed E-state index contributed by atoms with van der Waals surface area (Å²) in [5.74, 6) is 0.811. The highest BCUT2D eigenvalue weighted by molar-refractivity contribution is 6.09. The Labute approximate surface area is 177 Å². The first kappa shape index (κ1) is 16.5. The molecule has 0 N–H and O–H groups in total. The van der Waals surface area contributed by atoms with Crippen LogP contribution in [0, 0.1) is 0 Å². The van der Waals surface area contributed by atoms with E-state index in [-0.39, 0.29) is 0 Å². The Balaban J connectivity index is 1.49. The molecule has 0 fully saturated rings. The highest BCUT2D eigenvalue weighted by Crippen LogP contribution is 2.37. The number of rotatable bonds is 2. The minimum atomic E-state index is 0.711. The Morgan fingerprint density at radius 3 is 2.42 bits per heavy atom. The summed E-state index contributed by atoms with van der Waals surface area (Å²) in [7, 11) is 0. The van der Waals surface area contributed by atoms with Crippen molar-refractivity contribution in [2.24, 2.45) is 0 Å². The minimum absolute atomic E-state index is 0.711. The van der Waals surface area contributed by atoms with Crippen LogP contribution < -0.4 is 0 Å². The maximum absolute atomic E-state index is 6.24. The maximum atomic E-state index is 6.24. The van der Waals surface area contributed by atoms with E-state index in [9.17, 15) is 0 Å². The van der Waals surface area contributed by atoms with Crippen LogP contribution in [0.15, 0.2) is 106 Å². The lowest BCUT2D eigenvalue weighted by Gasteiger charge is -2.03. The summed E-state index contributed by atoms with van der Waals surface area (Å²) in [6, 6.07) is 30.9. The third-order valence-electron chi connectivity index (χ3n) is 5.90. The number of nitrogens with zero attached hydrogens (tertiary/aromatic N) is 2. The molecular formula is C27H16N2O2. The number of oxazole rings is 1. The van der Waals surface area contributed by atoms with E-state index in [1.807, 2.05) is 36.4 Å². The summed E-state index contributed by atoms with van der Waals surface area (Å²) in [6.07, 6.45) is 1.78. The van der Waals surface area contributed by atoms with Gasteiger partial charge in [-0.2, -0.15) is 0 Å². The van der Waals surface area contributed by atoms with Crippen LogP contribution >= 0.6 is 0 Å². The topological polar surface area (TPSA) is 43.6 Å². The van der Waals surface area contributed by atoms with Gasteiger partial charge in [-0.05, 0) is 35.4 Å². The van der Waals surface area contributed by atoms with Crippen LogP contribution in [0.3, 0.4) is 0 Å². The molecule has 0 aliphatic carbocycles. The largest absolute Gasteiger partial charge is 0.455 e. The van der Waals surface area contributed by atoms with Crippen molar-refractivity contribution in [1.29, 1.82) is 0 Å². The van der Waals surface area contributed by atoms with Crippen LogP contribution in [-0.2, 0) is 0 Å². The van der Waals surface area contributed by atoms with Crippen LogP contribution in [0.2, 0.25) is 0 Å². The molecule has 0 aliphatic rings. The van der Waals surface area contributed by atoms with Gasteiger partial charge in [0.15, 0.2) is 11.4 Å². The number of fused-ring (bicyclic) bond motifs is 6. The first-order chi connectivity index (χ1) is 15.4. The standard InChI is InChI=1S/C27H16N2O2/c1-2-7-17(8-3-1)18-13-14-22-24(15-18)30-25-16-28-27(29(22)25)21-11-6-10-20-19-9-4-5-12-23(19)31-26(20)21/h1-16H. The van der Waals surface area contributed by atoms with Gasteiger partial charge in [-0.1, -0.05) is 66.7 Å². The van der Waals surface area contributed by atoms with Crippen molar-refractivity contribution in [3.63, 3.8) is 0 Å². The van der Waals surface area contributed by atoms with Crippen LogP contribution in [-0.4, -0.2) is 9.38 Å². The highest BCUT2D eigenvalue weighted by atomic mass is 16.3. The second kappa shape index (κ2) is 6.09. The SMILES string of the molecule is c1ccc(-c2ccc3c(c2)oc2cnc(-c4cccc5c4oc4ccccc45)n23)cc1. The van der Waals surface area contributed by atoms with Gasteiger partial charge >= 0.3 is 0 Å². The second-order valence-electron chi connectivity index (χ2n) is 7.69. The average molecular weight is 400 g/mol. The summed E-state index contributed by atoms with van der Waals surface area (Å²) < 4.78 is 14.5. The molecule has 0 unspecified atom stereocenters. The molecular weight excluding hydrogens is 384 g/mol. The summed E-state index contributed by atoms with van der Waals surface area (Å²) in [6.45, 7) is 0. The summed E-state index contributed by atoms with van der Waals surface area (Å²) >= 11 is 0. The van der Waals surface area contributed by atoms with Crippen LogP contribution in [0.5, 0.6) is 0 Å². The third kappa shape index (κ3) is 2.33. The molecule has 0 spiro atoms. The van der Waals surface area contributed by atoms with Gasteiger partial charge in [0.05, 0.1) is 17.3 Å². The third-order valence-corrected chi connectivity index (χ3v) is 5.90. The van der Waals surface area contributed by atoms with Gasteiger partial charge < -0.3 is 8.83 Å². The van der Waals surface area contributed by atoms with Crippen molar-refractivity contribution < 1.29 is 8.83 Å². The fraction of sp³-hybridized carbons (Fsp3) is 0.